The Morgan fingerprint density at radius 1 is 1.28 bits per heavy atom. The predicted octanol–water partition coefficient (Wildman–Crippen LogP) is 2.77. The molecule has 2 amide bonds. The Bertz CT molecular complexity index is 594. The maximum absolute atomic E-state index is 12.6. The van der Waals surface area contributed by atoms with E-state index in [0.717, 1.165) is 43.6 Å². The molecule has 5 heteroatoms. The lowest BCUT2D eigenvalue weighted by molar-refractivity contribution is -0.137. The van der Waals surface area contributed by atoms with E-state index in [1.54, 1.807) is 0 Å². The average Bonchev–Trinajstić information content (AvgIpc) is 2.61. The molecule has 1 atom stereocenters. The summed E-state index contributed by atoms with van der Waals surface area (Å²) in [5.41, 5.74) is 1.97. The molecule has 0 bridgehead atoms. The maximum Gasteiger partial charge on any atom is 0.239 e. The van der Waals surface area contributed by atoms with Crippen molar-refractivity contribution in [1.29, 1.82) is 0 Å². The van der Waals surface area contributed by atoms with Gasteiger partial charge in [-0.1, -0.05) is 32.0 Å². The van der Waals surface area contributed by atoms with Crippen LogP contribution in [0.3, 0.4) is 0 Å². The Kier molecular flexibility index (Phi) is 7.00. The van der Waals surface area contributed by atoms with Gasteiger partial charge >= 0.3 is 0 Å². The molecule has 0 aromatic heterocycles. The van der Waals surface area contributed by atoms with Crippen molar-refractivity contribution >= 4 is 17.5 Å². The summed E-state index contributed by atoms with van der Waals surface area (Å²) in [5, 5.41) is 2.97. The highest BCUT2D eigenvalue weighted by atomic mass is 16.2. The first-order valence-corrected chi connectivity index (χ1v) is 9.29. The summed E-state index contributed by atoms with van der Waals surface area (Å²) in [6.45, 7) is 8.04. The molecule has 138 valence electrons. The van der Waals surface area contributed by atoms with E-state index in [0.29, 0.717) is 5.92 Å². The van der Waals surface area contributed by atoms with E-state index >= 15 is 0 Å². The van der Waals surface area contributed by atoms with E-state index in [-0.39, 0.29) is 24.4 Å². The van der Waals surface area contributed by atoms with Gasteiger partial charge in [-0.2, -0.15) is 0 Å². The molecular formula is C20H31N3O2. The second-order valence-electron chi connectivity index (χ2n) is 7.16. The zero-order valence-corrected chi connectivity index (χ0v) is 15.9. The normalized spacial score (nSPS) is 16.8. The molecule has 1 heterocycles. The van der Waals surface area contributed by atoms with Crippen LogP contribution in [-0.2, 0) is 16.0 Å². The number of hydrogen-bond acceptors (Lipinski definition) is 3. The number of rotatable bonds is 6. The van der Waals surface area contributed by atoms with Crippen LogP contribution in [0.2, 0.25) is 0 Å². The van der Waals surface area contributed by atoms with Crippen molar-refractivity contribution in [3.8, 4) is 0 Å². The molecular weight excluding hydrogens is 314 g/mol. The van der Waals surface area contributed by atoms with Crippen molar-refractivity contribution in [2.45, 2.75) is 46.1 Å². The number of para-hydroxylation sites is 1. The number of nitrogens with zero attached hydrogens (tertiary/aromatic N) is 2. The van der Waals surface area contributed by atoms with Crippen molar-refractivity contribution in [2.24, 2.45) is 5.92 Å². The molecule has 0 saturated carbocycles. The van der Waals surface area contributed by atoms with Crippen molar-refractivity contribution in [3.05, 3.63) is 29.8 Å². The van der Waals surface area contributed by atoms with Crippen molar-refractivity contribution in [1.82, 2.24) is 9.80 Å². The molecule has 1 unspecified atom stereocenters. The zero-order valence-electron chi connectivity index (χ0n) is 15.9. The van der Waals surface area contributed by atoms with Gasteiger partial charge in [0.2, 0.25) is 11.8 Å². The summed E-state index contributed by atoms with van der Waals surface area (Å²) >= 11 is 0. The first kappa shape index (κ1) is 19.4. The van der Waals surface area contributed by atoms with Gasteiger partial charge in [0.15, 0.2) is 0 Å². The zero-order chi connectivity index (χ0) is 18.4. The summed E-state index contributed by atoms with van der Waals surface area (Å²) in [6.07, 6.45) is 3.00. The van der Waals surface area contributed by atoms with Crippen molar-refractivity contribution in [2.75, 3.05) is 32.0 Å². The quantitative estimate of drug-likeness (QED) is 0.862. The lowest BCUT2D eigenvalue weighted by atomic mass is 9.99. The van der Waals surface area contributed by atoms with E-state index in [1.807, 2.05) is 48.0 Å². The number of piperidine rings is 1. The number of amides is 2. The van der Waals surface area contributed by atoms with Gasteiger partial charge in [-0.25, -0.2) is 0 Å². The molecule has 1 fully saturated rings. The number of carbonyl (C=O) groups excluding carboxylic acids is 2. The maximum atomic E-state index is 12.6. The number of aryl methyl sites for hydroxylation is 1. The number of likely N-dealkylation sites (tertiary alicyclic amines) is 1. The second-order valence-corrected chi connectivity index (χ2v) is 7.16. The van der Waals surface area contributed by atoms with Gasteiger partial charge in [0.25, 0.3) is 0 Å². The summed E-state index contributed by atoms with van der Waals surface area (Å²) in [7, 11) is 1.83. The SMILES string of the molecule is CCc1ccccc1NC(=O)CN(C)C(C)C(=O)N1CCC(C)CC1. The highest BCUT2D eigenvalue weighted by Crippen LogP contribution is 2.18. The molecule has 25 heavy (non-hydrogen) atoms. The summed E-state index contributed by atoms with van der Waals surface area (Å²) in [4.78, 5) is 28.8. The number of anilines is 1. The van der Waals surface area contributed by atoms with E-state index in [4.69, 9.17) is 0 Å². The summed E-state index contributed by atoms with van der Waals surface area (Å²) < 4.78 is 0. The molecule has 1 saturated heterocycles. The van der Waals surface area contributed by atoms with E-state index < -0.39 is 0 Å². The fraction of sp³-hybridized carbons (Fsp3) is 0.600. The number of carbonyl (C=O) groups is 2. The average molecular weight is 345 g/mol. The Morgan fingerprint density at radius 2 is 1.92 bits per heavy atom. The largest absolute Gasteiger partial charge is 0.341 e. The highest BCUT2D eigenvalue weighted by Gasteiger charge is 2.27. The van der Waals surface area contributed by atoms with Crippen LogP contribution < -0.4 is 5.32 Å². The molecule has 1 aliphatic heterocycles. The Labute approximate surface area is 151 Å². The minimum atomic E-state index is -0.291. The molecule has 2 rings (SSSR count). The van der Waals surface area contributed by atoms with Crippen LogP contribution in [0.5, 0.6) is 0 Å². The molecule has 1 aliphatic rings. The fourth-order valence-electron chi connectivity index (χ4n) is 3.19. The number of nitrogens with one attached hydrogen (secondary N) is 1. The molecule has 5 nitrogen and oxygen atoms in total. The van der Waals surface area contributed by atoms with Gasteiger partial charge in [-0.05, 0) is 50.8 Å². The number of hydrogen-bond donors (Lipinski definition) is 1. The Balaban J connectivity index is 1.88. The first-order chi connectivity index (χ1) is 11.9. The summed E-state index contributed by atoms with van der Waals surface area (Å²) in [5.74, 6) is 0.730. The number of benzene rings is 1. The van der Waals surface area contributed by atoms with Gasteiger partial charge in [0.05, 0.1) is 12.6 Å². The third-order valence-electron chi connectivity index (χ3n) is 5.18. The Morgan fingerprint density at radius 3 is 2.56 bits per heavy atom. The molecule has 1 aromatic rings. The van der Waals surface area contributed by atoms with Crippen LogP contribution in [-0.4, -0.2) is 54.3 Å². The standard InChI is InChI=1S/C20H31N3O2/c1-5-17-8-6-7-9-18(17)21-19(24)14-22(4)16(3)20(25)23-12-10-15(2)11-13-23/h6-9,15-16H,5,10-14H2,1-4H3,(H,21,24). The highest BCUT2D eigenvalue weighted by molar-refractivity contribution is 5.93. The summed E-state index contributed by atoms with van der Waals surface area (Å²) in [6, 6.07) is 7.53. The molecule has 0 aliphatic carbocycles. The predicted molar refractivity (Wildman–Crippen MR) is 102 cm³/mol. The Hall–Kier alpha value is -1.88. The van der Waals surface area contributed by atoms with Crippen LogP contribution in [0.15, 0.2) is 24.3 Å². The molecule has 1 N–H and O–H groups in total. The van der Waals surface area contributed by atoms with Crippen LogP contribution >= 0.6 is 0 Å². The third-order valence-corrected chi connectivity index (χ3v) is 5.18. The smallest absolute Gasteiger partial charge is 0.239 e. The second kappa shape index (κ2) is 8.99. The lowest BCUT2D eigenvalue weighted by Crippen LogP contribution is -2.49. The van der Waals surface area contributed by atoms with Crippen molar-refractivity contribution in [3.63, 3.8) is 0 Å². The van der Waals surface area contributed by atoms with Crippen LogP contribution in [0.1, 0.15) is 39.2 Å². The van der Waals surface area contributed by atoms with Gasteiger partial charge in [-0.15, -0.1) is 0 Å². The van der Waals surface area contributed by atoms with Crippen LogP contribution in [0.4, 0.5) is 5.69 Å². The molecule has 0 spiro atoms. The van der Waals surface area contributed by atoms with E-state index in [9.17, 15) is 9.59 Å². The topological polar surface area (TPSA) is 52.7 Å². The van der Waals surface area contributed by atoms with E-state index in [1.165, 1.54) is 0 Å². The number of likely N-dealkylation sites (N-methyl/N-ethyl adjacent to an activating group) is 1. The fourth-order valence-corrected chi connectivity index (χ4v) is 3.19. The minimum absolute atomic E-state index is 0.0877. The van der Waals surface area contributed by atoms with Crippen LogP contribution in [0.25, 0.3) is 0 Å². The third kappa shape index (κ3) is 5.30. The first-order valence-electron chi connectivity index (χ1n) is 9.29. The minimum Gasteiger partial charge on any atom is -0.341 e. The van der Waals surface area contributed by atoms with E-state index in [2.05, 4.69) is 19.2 Å². The molecule has 0 radical (unpaired) electrons. The lowest BCUT2D eigenvalue weighted by Gasteiger charge is -2.34. The van der Waals surface area contributed by atoms with Gasteiger partial charge < -0.3 is 10.2 Å². The molecule has 1 aromatic carbocycles. The monoisotopic (exact) mass is 345 g/mol. The van der Waals surface area contributed by atoms with Crippen LogP contribution in [0, 0.1) is 5.92 Å². The van der Waals surface area contributed by atoms with Gasteiger partial charge in [-0.3, -0.25) is 14.5 Å². The van der Waals surface area contributed by atoms with Crippen molar-refractivity contribution < 1.29 is 9.59 Å². The van der Waals surface area contributed by atoms with Gasteiger partial charge in [0.1, 0.15) is 0 Å². The van der Waals surface area contributed by atoms with Gasteiger partial charge in [0, 0.05) is 18.8 Å².